The number of fused-ring (bicyclic) bond motifs is 4. The van der Waals surface area contributed by atoms with Crippen molar-refractivity contribution in [2.24, 2.45) is 5.41 Å². The summed E-state index contributed by atoms with van der Waals surface area (Å²) in [6.45, 7) is -1.11. The molecule has 4 bridgehead atoms. The van der Waals surface area contributed by atoms with Crippen molar-refractivity contribution in [1.29, 1.82) is 0 Å². The lowest BCUT2D eigenvalue weighted by molar-refractivity contribution is -0.302. The number of hydrogen-bond donors (Lipinski definition) is 8. The van der Waals surface area contributed by atoms with Gasteiger partial charge in [0.1, 0.15) is 30.2 Å². The molecule has 14 heteroatoms. The molecule has 14 nitrogen and oxygen atoms in total. The SMILES string of the molecule is O=C1OC(=O)C1(CCOC1OC(CO)C(O)C(O)C1O)Cc1cc2cc3c(ccc(O)c3c1=O)C1C(O)C/C(=C/2)C1(O)O. The Labute approximate surface area is 242 Å². The van der Waals surface area contributed by atoms with Gasteiger partial charge >= 0.3 is 11.9 Å². The van der Waals surface area contributed by atoms with Crippen LogP contribution in [0.5, 0.6) is 5.75 Å². The number of carbonyl (C=O) groups is 2. The first-order valence-electron chi connectivity index (χ1n) is 13.7. The molecule has 0 spiro atoms. The summed E-state index contributed by atoms with van der Waals surface area (Å²) in [5.74, 6) is -6.00. The zero-order chi connectivity index (χ0) is 31.0. The number of phenols is 1. The van der Waals surface area contributed by atoms with E-state index in [0.29, 0.717) is 0 Å². The van der Waals surface area contributed by atoms with Crippen molar-refractivity contribution in [3.8, 4) is 5.75 Å². The van der Waals surface area contributed by atoms with Crippen LogP contribution in [0.15, 0.2) is 34.6 Å². The number of hydrogen-bond acceptors (Lipinski definition) is 14. The molecule has 2 aromatic carbocycles. The highest BCUT2D eigenvalue weighted by atomic mass is 16.7. The second-order valence-corrected chi connectivity index (χ2v) is 11.5. The normalized spacial score (nSPS) is 33.4. The molecule has 2 saturated heterocycles. The summed E-state index contributed by atoms with van der Waals surface area (Å²) in [6, 6.07) is 5.50. The summed E-state index contributed by atoms with van der Waals surface area (Å²) in [7, 11) is 0. The van der Waals surface area contributed by atoms with Crippen LogP contribution in [-0.2, 0) is 30.2 Å². The molecule has 2 aliphatic heterocycles. The second kappa shape index (κ2) is 10.4. The number of esters is 2. The number of benzene rings is 1. The van der Waals surface area contributed by atoms with Crippen LogP contribution in [0.3, 0.4) is 0 Å². The predicted molar refractivity (Wildman–Crippen MR) is 142 cm³/mol. The molecule has 230 valence electrons. The molecule has 2 aromatic rings. The molecule has 7 unspecified atom stereocenters. The Morgan fingerprint density at radius 3 is 2.37 bits per heavy atom. The molecule has 0 radical (unpaired) electrons. The molecule has 3 fully saturated rings. The zero-order valence-electron chi connectivity index (χ0n) is 22.5. The van der Waals surface area contributed by atoms with Gasteiger partial charge in [0, 0.05) is 18.4 Å². The van der Waals surface area contributed by atoms with Gasteiger partial charge in [-0.05, 0) is 46.7 Å². The molecule has 8 N–H and O–H groups in total. The highest BCUT2D eigenvalue weighted by molar-refractivity contribution is 6.14. The van der Waals surface area contributed by atoms with E-state index in [-0.39, 0.29) is 45.9 Å². The third-order valence-corrected chi connectivity index (χ3v) is 8.94. The lowest BCUT2D eigenvalue weighted by Crippen LogP contribution is -2.59. The maximum absolute atomic E-state index is 13.9. The van der Waals surface area contributed by atoms with E-state index in [1.807, 2.05) is 0 Å². The third-order valence-electron chi connectivity index (χ3n) is 8.94. The standard InChI is InChI=1S/C29H30O14/c30-10-18-22(34)23(35)24(36)25(42-18)41-4-3-28(26(37)43-27(28)38)9-12-5-11-6-13-8-17(32)20(29(13,39)40)14-1-2-16(31)19(21(12)33)15(14)7-11/h1-2,5-7,17-18,20,22-25,30-32,34-36,39-40H,3-4,8-10H2/b13-6-. The zero-order valence-corrected chi connectivity index (χ0v) is 22.5. The summed E-state index contributed by atoms with van der Waals surface area (Å²) in [5.41, 5.74) is -2.13. The smallest absolute Gasteiger partial charge is 0.331 e. The lowest BCUT2D eigenvalue weighted by Gasteiger charge is -2.40. The van der Waals surface area contributed by atoms with Crippen LogP contribution in [-0.4, -0.2) is 109 Å². The minimum atomic E-state index is -2.44. The van der Waals surface area contributed by atoms with Crippen molar-refractivity contribution >= 4 is 28.8 Å². The van der Waals surface area contributed by atoms with E-state index in [0.717, 1.165) is 0 Å². The van der Waals surface area contributed by atoms with Crippen molar-refractivity contribution in [2.45, 2.75) is 67.8 Å². The Morgan fingerprint density at radius 1 is 0.977 bits per heavy atom. The first-order chi connectivity index (χ1) is 20.3. The van der Waals surface area contributed by atoms with Crippen LogP contribution in [0.2, 0.25) is 0 Å². The Hall–Kier alpha value is -3.31. The summed E-state index contributed by atoms with van der Waals surface area (Å²) in [4.78, 5) is 39.5. The van der Waals surface area contributed by atoms with E-state index in [9.17, 15) is 55.2 Å². The number of aliphatic hydroxyl groups excluding tert-OH is 5. The van der Waals surface area contributed by atoms with E-state index in [1.54, 1.807) is 6.07 Å². The maximum Gasteiger partial charge on any atom is 0.331 e. The summed E-state index contributed by atoms with van der Waals surface area (Å²) in [6.07, 6.45) is -8.50. The third kappa shape index (κ3) is 4.49. The molecule has 6 rings (SSSR count). The molecule has 2 aliphatic carbocycles. The van der Waals surface area contributed by atoms with E-state index < -0.39 is 96.7 Å². The fourth-order valence-electron chi connectivity index (χ4n) is 6.52. The molecule has 0 amide bonds. The van der Waals surface area contributed by atoms with Gasteiger partial charge < -0.3 is 55.1 Å². The number of aliphatic hydroxyl groups is 7. The minimum absolute atomic E-state index is 0.0769. The fraction of sp³-hybridized carbons (Fsp3) is 0.483. The molecule has 7 atom stereocenters. The van der Waals surface area contributed by atoms with Crippen molar-refractivity contribution in [1.82, 2.24) is 0 Å². The summed E-state index contributed by atoms with van der Waals surface area (Å²) in [5, 5.41) is 82.9. The van der Waals surface area contributed by atoms with Crippen LogP contribution in [0.25, 0.3) is 16.8 Å². The van der Waals surface area contributed by atoms with Gasteiger partial charge in [-0.2, -0.15) is 0 Å². The molecule has 4 aliphatic rings. The van der Waals surface area contributed by atoms with E-state index >= 15 is 0 Å². The number of rotatable bonds is 7. The quantitative estimate of drug-likeness (QED) is 0.0941. The Morgan fingerprint density at radius 2 is 1.70 bits per heavy atom. The molecule has 0 aromatic heterocycles. The fourth-order valence-corrected chi connectivity index (χ4v) is 6.52. The van der Waals surface area contributed by atoms with Gasteiger partial charge in [0.25, 0.3) is 0 Å². The highest BCUT2D eigenvalue weighted by Crippen LogP contribution is 2.49. The monoisotopic (exact) mass is 602 g/mol. The number of cyclic esters (lactones) is 2. The minimum Gasteiger partial charge on any atom is -0.507 e. The number of aromatic hydroxyl groups is 1. The van der Waals surface area contributed by atoms with Crippen LogP contribution in [0, 0.1) is 5.41 Å². The van der Waals surface area contributed by atoms with Gasteiger partial charge in [-0.15, -0.1) is 0 Å². The largest absolute Gasteiger partial charge is 0.507 e. The first-order valence-corrected chi connectivity index (χ1v) is 13.7. The van der Waals surface area contributed by atoms with Crippen molar-refractivity contribution < 1.29 is 64.7 Å². The van der Waals surface area contributed by atoms with E-state index in [1.165, 1.54) is 24.3 Å². The van der Waals surface area contributed by atoms with Gasteiger partial charge in [-0.1, -0.05) is 12.1 Å². The molecule has 43 heavy (non-hydrogen) atoms. The highest BCUT2D eigenvalue weighted by Gasteiger charge is 2.59. The molecular formula is C29H30O14. The van der Waals surface area contributed by atoms with Crippen molar-refractivity contribution in [3.63, 3.8) is 0 Å². The number of ether oxygens (including phenoxy) is 3. The van der Waals surface area contributed by atoms with E-state index in [2.05, 4.69) is 4.74 Å². The molecular weight excluding hydrogens is 572 g/mol. The topological polar surface area (TPSA) is 241 Å². The Balaban J connectivity index is 1.37. The average Bonchev–Trinajstić information content (AvgIpc) is 3.11. The average molecular weight is 603 g/mol. The van der Waals surface area contributed by atoms with Gasteiger partial charge in [0.05, 0.1) is 30.6 Å². The molecule has 2 heterocycles. The lowest BCUT2D eigenvalue weighted by atomic mass is 9.75. The summed E-state index contributed by atoms with van der Waals surface area (Å²) >= 11 is 0. The second-order valence-electron chi connectivity index (χ2n) is 11.5. The van der Waals surface area contributed by atoms with Gasteiger partial charge in [-0.25, -0.2) is 0 Å². The van der Waals surface area contributed by atoms with Gasteiger partial charge in [0.15, 0.2) is 22.9 Å². The summed E-state index contributed by atoms with van der Waals surface area (Å²) < 4.78 is 15.4. The number of phenolic OH excluding ortho intramolecular Hbond substituents is 1. The maximum atomic E-state index is 13.9. The first kappa shape index (κ1) is 29.7. The van der Waals surface area contributed by atoms with Crippen LogP contribution in [0.1, 0.15) is 35.4 Å². The predicted octanol–water partition coefficient (Wildman–Crippen LogP) is -2.35. The van der Waals surface area contributed by atoms with Gasteiger partial charge in [0.2, 0.25) is 0 Å². The van der Waals surface area contributed by atoms with Gasteiger partial charge in [-0.3, -0.25) is 14.4 Å². The van der Waals surface area contributed by atoms with Crippen LogP contribution < -0.4 is 5.43 Å². The Bertz CT molecular complexity index is 1580. The number of carbonyl (C=O) groups excluding carboxylic acids is 2. The molecule has 1 saturated carbocycles. The van der Waals surface area contributed by atoms with Crippen molar-refractivity contribution in [3.05, 3.63) is 56.8 Å². The van der Waals surface area contributed by atoms with Crippen molar-refractivity contribution in [2.75, 3.05) is 13.2 Å². The van der Waals surface area contributed by atoms with E-state index in [4.69, 9.17) is 9.47 Å². The van der Waals surface area contributed by atoms with Crippen LogP contribution >= 0.6 is 0 Å². The Kier molecular flexibility index (Phi) is 7.20. The van der Waals surface area contributed by atoms with Crippen LogP contribution in [0.4, 0.5) is 0 Å².